The lowest BCUT2D eigenvalue weighted by molar-refractivity contribution is 0.0154. The summed E-state index contributed by atoms with van der Waals surface area (Å²) >= 11 is 0. The van der Waals surface area contributed by atoms with E-state index in [1.54, 1.807) is 16.9 Å². The number of hydrogen-bond donors (Lipinski definition) is 1. The van der Waals surface area contributed by atoms with E-state index < -0.39 is 0 Å². The molecule has 9 nitrogen and oxygen atoms in total. The molecule has 0 unspecified atom stereocenters. The lowest BCUT2D eigenvalue weighted by Crippen LogP contribution is -2.45. The predicted molar refractivity (Wildman–Crippen MR) is 129 cm³/mol. The first-order valence-corrected chi connectivity index (χ1v) is 12.3. The number of aromatic nitrogens is 5. The van der Waals surface area contributed by atoms with Crippen LogP contribution in [0.15, 0.2) is 37.1 Å². The first-order chi connectivity index (χ1) is 16.8. The summed E-state index contributed by atoms with van der Waals surface area (Å²) < 4.78 is 15.7. The molecular weight excluding hydrogens is 444 g/mol. The molecule has 6 heterocycles. The molecule has 180 valence electrons. The van der Waals surface area contributed by atoms with Crippen LogP contribution in [0, 0.1) is 0 Å². The van der Waals surface area contributed by atoms with Crippen LogP contribution in [-0.2, 0) is 10.2 Å². The smallest absolute Gasteiger partial charge is 0.261 e. The number of hydrogen-bond acceptors (Lipinski definition) is 6. The van der Waals surface area contributed by atoms with Crippen molar-refractivity contribution in [3.63, 3.8) is 0 Å². The van der Waals surface area contributed by atoms with Crippen molar-refractivity contribution in [3.05, 3.63) is 53.9 Å². The SMILES string of the molecule is CC(C)Oc1cc2nc(C34COC(C)(C3)C4)cn2cc1C(=O)Nc1cnn2cc(C3CC3)cnc12. The molecule has 4 aromatic rings. The van der Waals surface area contributed by atoms with Crippen LogP contribution in [0.5, 0.6) is 5.75 Å². The minimum absolute atomic E-state index is 0.0193. The summed E-state index contributed by atoms with van der Waals surface area (Å²) in [6, 6.07) is 1.85. The summed E-state index contributed by atoms with van der Waals surface area (Å²) in [5.74, 6) is 0.807. The molecule has 2 saturated carbocycles. The van der Waals surface area contributed by atoms with Gasteiger partial charge in [0, 0.05) is 36.3 Å². The Balaban J connectivity index is 1.23. The Morgan fingerprint density at radius 3 is 2.77 bits per heavy atom. The highest BCUT2D eigenvalue weighted by Gasteiger charge is 2.61. The van der Waals surface area contributed by atoms with Crippen LogP contribution >= 0.6 is 0 Å². The van der Waals surface area contributed by atoms with E-state index >= 15 is 0 Å². The van der Waals surface area contributed by atoms with Crippen molar-refractivity contribution in [2.24, 2.45) is 0 Å². The minimum Gasteiger partial charge on any atom is -0.490 e. The molecule has 2 aliphatic heterocycles. The van der Waals surface area contributed by atoms with Gasteiger partial charge in [0.2, 0.25) is 0 Å². The second kappa shape index (κ2) is 7.04. The van der Waals surface area contributed by atoms with Gasteiger partial charge in [-0.15, -0.1) is 0 Å². The number of pyridine rings is 1. The van der Waals surface area contributed by atoms with Crippen LogP contribution in [0.3, 0.4) is 0 Å². The summed E-state index contributed by atoms with van der Waals surface area (Å²) in [5.41, 5.74) is 4.53. The Morgan fingerprint density at radius 1 is 1.23 bits per heavy atom. The van der Waals surface area contributed by atoms with Crippen LogP contribution < -0.4 is 10.1 Å². The molecule has 2 saturated heterocycles. The average molecular weight is 473 g/mol. The second-order valence-electron chi connectivity index (χ2n) is 10.9. The van der Waals surface area contributed by atoms with E-state index in [0.29, 0.717) is 35.2 Å². The topological polar surface area (TPSA) is 95.0 Å². The first-order valence-electron chi connectivity index (χ1n) is 12.3. The molecule has 9 heteroatoms. The third kappa shape index (κ3) is 3.32. The molecule has 2 bridgehead atoms. The third-order valence-electron chi connectivity index (χ3n) is 7.50. The molecule has 0 radical (unpaired) electrons. The first kappa shape index (κ1) is 20.9. The van der Waals surface area contributed by atoms with E-state index in [1.807, 2.05) is 42.9 Å². The van der Waals surface area contributed by atoms with Gasteiger partial charge in [-0.1, -0.05) is 0 Å². The number of anilines is 1. The molecule has 0 atom stereocenters. The quantitative estimate of drug-likeness (QED) is 0.454. The monoisotopic (exact) mass is 472 g/mol. The van der Waals surface area contributed by atoms with Crippen LogP contribution in [0.2, 0.25) is 0 Å². The fourth-order valence-corrected chi connectivity index (χ4v) is 5.74. The molecular formula is C26H28N6O3. The summed E-state index contributed by atoms with van der Waals surface area (Å²) in [7, 11) is 0. The van der Waals surface area contributed by atoms with E-state index in [-0.39, 0.29) is 23.0 Å². The number of carbonyl (C=O) groups is 1. The highest BCUT2D eigenvalue weighted by Crippen LogP contribution is 2.58. The molecule has 0 aromatic carbocycles. The summed E-state index contributed by atoms with van der Waals surface area (Å²) in [4.78, 5) is 22.9. The Hall–Kier alpha value is -3.46. The predicted octanol–water partition coefficient (Wildman–Crippen LogP) is 4.11. The zero-order chi connectivity index (χ0) is 23.9. The van der Waals surface area contributed by atoms with Gasteiger partial charge in [0.25, 0.3) is 5.91 Å². The zero-order valence-electron chi connectivity index (χ0n) is 20.1. The van der Waals surface area contributed by atoms with Crippen molar-refractivity contribution in [2.45, 2.75) is 69.5 Å². The number of carbonyl (C=O) groups excluding carboxylic acids is 1. The number of fused-ring (bicyclic) bond motifs is 3. The highest BCUT2D eigenvalue weighted by molar-refractivity contribution is 6.07. The van der Waals surface area contributed by atoms with E-state index in [4.69, 9.17) is 14.5 Å². The Morgan fingerprint density at radius 2 is 2.06 bits per heavy atom. The van der Waals surface area contributed by atoms with Crippen LogP contribution in [0.4, 0.5) is 5.69 Å². The average Bonchev–Trinajstić information content (AvgIpc) is 3.13. The fourth-order valence-electron chi connectivity index (χ4n) is 5.74. The van der Waals surface area contributed by atoms with Gasteiger partial charge < -0.3 is 19.2 Å². The summed E-state index contributed by atoms with van der Waals surface area (Å²) in [5, 5.41) is 7.39. The molecule has 1 N–H and O–H groups in total. The Labute approximate surface area is 202 Å². The van der Waals surface area contributed by atoms with Crippen LogP contribution in [-0.4, -0.2) is 48.2 Å². The van der Waals surface area contributed by atoms with Gasteiger partial charge in [0.15, 0.2) is 5.65 Å². The minimum atomic E-state index is -0.278. The maximum absolute atomic E-state index is 13.5. The molecule has 2 aliphatic carbocycles. The fraction of sp³-hybridized carbons (Fsp3) is 0.462. The van der Waals surface area contributed by atoms with Gasteiger partial charge in [-0.25, -0.2) is 14.5 Å². The summed E-state index contributed by atoms with van der Waals surface area (Å²) in [6.45, 7) is 6.74. The lowest BCUT2D eigenvalue weighted by atomic mass is 9.62. The molecule has 4 aliphatic rings. The number of rotatable bonds is 6. The zero-order valence-corrected chi connectivity index (χ0v) is 20.1. The maximum atomic E-state index is 13.5. The number of nitrogens with one attached hydrogen (secondary N) is 1. The van der Waals surface area contributed by atoms with E-state index in [1.165, 1.54) is 18.4 Å². The van der Waals surface area contributed by atoms with Crippen molar-refractivity contribution in [2.75, 3.05) is 11.9 Å². The van der Waals surface area contributed by atoms with Gasteiger partial charge in [0.05, 0.1) is 35.8 Å². The lowest BCUT2D eigenvalue weighted by Gasteiger charge is -2.41. The molecule has 1 amide bonds. The second-order valence-corrected chi connectivity index (χ2v) is 10.9. The molecule has 4 aromatic heterocycles. The number of nitrogens with zero attached hydrogens (tertiary/aromatic N) is 5. The highest BCUT2D eigenvalue weighted by atomic mass is 16.5. The van der Waals surface area contributed by atoms with Gasteiger partial charge in [0.1, 0.15) is 17.1 Å². The van der Waals surface area contributed by atoms with Gasteiger partial charge in [-0.05, 0) is 57.9 Å². The number of imidazole rings is 1. The maximum Gasteiger partial charge on any atom is 0.261 e. The van der Waals surface area contributed by atoms with Crippen molar-refractivity contribution >= 4 is 22.9 Å². The van der Waals surface area contributed by atoms with Crippen LogP contribution in [0.25, 0.3) is 11.3 Å². The molecule has 0 spiro atoms. The largest absolute Gasteiger partial charge is 0.490 e. The summed E-state index contributed by atoms with van der Waals surface area (Å²) in [6.07, 6.45) is 13.6. The third-order valence-corrected chi connectivity index (χ3v) is 7.50. The standard InChI is InChI=1S/C26H28N6O3/c1-15(2)35-20-6-22-30-21(26-12-25(3,13-26)34-14-26)11-31(22)10-18(20)24(33)29-19-8-28-32-9-17(16-4-5-16)7-27-23(19)32/h6-11,15-16H,4-5,12-14H2,1-3H3,(H,29,33). The van der Waals surface area contributed by atoms with Crippen LogP contribution in [0.1, 0.15) is 74.0 Å². The van der Waals surface area contributed by atoms with Crippen molar-refractivity contribution in [1.29, 1.82) is 0 Å². The normalized spacial score (nSPS) is 25.4. The van der Waals surface area contributed by atoms with E-state index in [2.05, 4.69) is 22.3 Å². The van der Waals surface area contributed by atoms with Gasteiger partial charge in [-0.2, -0.15) is 5.10 Å². The molecule has 8 rings (SSSR count). The molecule has 4 fully saturated rings. The van der Waals surface area contributed by atoms with E-state index in [0.717, 1.165) is 24.2 Å². The number of ether oxygens (including phenoxy) is 2. The van der Waals surface area contributed by atoms with Gasteiger partial charge >= 0.3 is 0 Å². The Kier molecular flexibility index (Phi) is 4.20. The van der Waals surface area contributed by atoms with Gasteiger partial charge in [-0.3, -0.25) is 4.79 Å². The Bertz CT molecular complexity index is 1490. The molecule has 35 heavy (non-hydrogen) atoms. The van der Waals surface area contributed by atoms with Crippen molar-refractivity contribution in [3.8, 4) is 5.75 Å². The van der Waals surface area contributed by atoms with Crippen molar-refractivity contribution in [1.82, 2.24) is 24.0 Å². The van der Waals surface area contributed by atoms with E-state index in [9.17, 15) is 4.79 Å². The van der Waals surface area contributed by atoms with Crippen molar-refractivity contribution < 1.29 is 14.3 Å². The number of amides is 1.